The number of methoxy groups -OCH3 is 1. The average Bonchev–Trinajstić information content (AvgIpc) is 2.94. The molecule has 1 fully saturated rings. The van der Waals surface area contributed by atoms with E-state index in [9.17, 15) is 9.59 Å². The Morgan fingerprint density at radius 1 is 1.15 bits per heavy atom. The lowest BCUT2D eigenvalue weighted by molar-refractivity contribution is -0.0242. The molecule has 0 radical (unpaired) electrons. The lowest BCUT2D eigenvalue weighted by atomic mass is 9.82. The molecule has 140 valence electrons. The van der Waals surface area contributed by atoms with Crippen LogP contribution in [-0.2, 0) is 10.3 Å². The van der Waals surface area contributed by atoms with Gasteiger partial charge < -0.3 is 14.8 Å². The number of carbonyl (C=O) groups excluding carboxylic acids is 2. The minimum Gasteiger partial charge on any atom is -0.496 e. The molecule has 0 unspecified atom stereocenters. The van der Waals surface area contributed by atoms with Crippen molar-refractivity contribution >= 4 is 35.0 Å². The minimum absolute atomic E-state index is 0.203. The van der Waals surface area contributed by atoms with Gasteiger partial charge in [-0.15, -0.1) is 0 Å². The van der Waals surface area contributed by atoms with Gasteiger partial charge in [0.15, 0.2) is 5.78 Å². The van der Waals surface area contributed by atoms with Crippen molar-refractivity contribution in [3.63, 3.8) is 0 Å². The van der Waals surface area contributed by atoms with Crippen LogP contribution in [0.15, 0.2) is 30.3 Å². The zero-order valence-electron chi connectivity index (χ0n) is 14.6. The Bertz CT molecular complexity index is 951. The average molecular weight is 406 g/mol. The van der Waals surface area contributed by atoms with Gasteiger partial charge in [-0.2, -0.15) is 0 Å². The maximum absolute atomic E-state index is 13.3. The number of fused-ring (bicyclic) bond motifs is 2. The second kappa shape index (κ2) is 6.82. The van der Waals surface area contributed by atoms with Gasteiger partial charge >= 0.3 is 5.97 Å². The Labute approximate surface area is 166 Å². The van der Waals surface area contributed by atoms with Gasteiger partial charge in [0.25, 0.3) is 0 Å². The molecule has 0 bridgehead atoms. The molecular weight excluding hydrogens is 389 g/mol. The molecule has 27 heavy (non-hydrogen) atoms. The van der Waals surface area contributed by atoms with Crippen LogP contribution in [-0.4, -0.2) is 32.0 Å². The molecule has 1 N–H and O–H groups in total. The first-order chi connectivity index (χ1) is 13.0. The van der Waals surface area contributed by atoms with E-state index >= 15 is 0 Å². The fourth-order valence-electron chi connectivity index (χ4n) is 3.84. The monoisotopic (exact) mass is 405 g/mol. The van der Waals surface area contributed by atoms with Gasteiger partial charge in [-0.1, -0.05) is 29.3 Å². The predicted octanol–water partition coefficient (Wildman–Crippen LogP) is 3.98. The van der Waals surface area contributed by atoms with Gasteiger partial charge in [0.2, 0.25) is 0 Å². The first-order valence-corrected chi connectivity index (χ1v) is 9.38. The lowest BCUT2D eigenvalue weighted by Crippen LogP contribution is -2.40. The molecule has 7 heteroatoms. The van der Waals surface area contributed by atoms with Crippen LogP contribution in [0.2, 0.25) is 10.0 Å². The van der Waals surface area contributed by atoms with Gasteiger partial charge in [0, 0.05) is 24.0 Å². The number of piperidine rings is 1. The third-order valence-corrected chi connectivity index (χ3v) is 5.93. The van der Waals surface area contributed by atoms with Crippen LogP contribution in [0.3, 0.4) is 0 Å². The SMILES string of the molecule is COc1ccc2c(c1C(=O)c1ccc(Cl)c(Cl)c1)C(=O)OC21CCNCC1. The van der Waals surface area contributed by atoms with Crippen molar-refractivity contribution in [3.8, 4) is 5.75 Å². The van der Waals surface area contributed by atoms with E-state index in [1.807, 2.05) is 6.07 Å². The van der Waals surface area contributed by atoms with E-state index in [-0.39, 0.29) is 21.9 Å². The summed E-state index contributed by atoms with van der Waals surface area (Å²) in [7, 11) is 1.47. The Morgan fingerprint density at radius 2 is 1.89 bits per heavy atom. The maximum Gasteiger partial charge on any atom is 0.340 e. The van der Waals surface area contributed by atoms with E-state index in [1.165, 1.54) is 13.2 Å². The summed E-state index contributed by atoms with van der Waals surface area (Å²) in [4.78, 5) is 26.1. The molecule has 0 atom stereocenters. The van der Waals surface area contributed by atoms with Crippen molar-refractivity contribution in [1.82, 2.24) is 5.32 Å². The quantitative estimate of drug-likeness (QED) is 0.617. The van der Waals surface area contributed by atoms with Crippen molar-refractivity contribution in [1.29, 1.82) is 0 Å². The van der Waals surface area contributed by atoms with Crippen molar-refractivity contribution in [2.45, 2.75) is 18.4 Å². The Morgan fingerprint density at radius 3 is 2.56 bits per heavy atom. The van der Waals surface area contributed by atoms with E-state index in [0.29, 0.717) is 29.2 Å². The molecule has 2 aliphatic heterocycles. The molecule has 2 aromatic rings. The van der Waals surface area contributed by atoms with Crippen LogP contribution in [0.1, 0.15) is 44.7 Å². The van der Waals surface area contributed by atoms with Crippen molar-refractivity contribution < 1.29 is 19.1 Å². The standard InChI is InChI=1S/C20H17Cl2NO4/c1-26-15-5-3-12-16(19(25)27-20(12)6-8-23-9-7-20)17(15)18(24)11-2-4-13(21)14(22)10-11/h2-5,10,23H,6-9H2,1H3. The first kappa shape index (κ1) is 18.3. The lowest BCUT2D eigenvalue weighted by Gasteiger charge is -2.33. The van der Waals surface area contributed by atoms with E-state index < -0.39 is 11.6 Å². The summed E-state index contributed by atoms with van der Waals surface area (Å²) in [6.07, 6.45) is 1.33. The number of rotatable bonds is 3. The highest BCUT2D eigenvalue weighted by atomic mass is 35.5. The summed E-state index contributed by atoms with van der Waals surface area (Å²) in [6, 6.07) is 8.17. The first-order valence-electron chi connectivity index (χ1n) is 8.62. The number of hydrogen-bond donors (Lipinski definition) is 1. The molecule has 0 amide bonds. The molecule has 1 spiro atoms. The molecule has 5 nitrogen and oxygen atoms in total. The predicted molar refractivity (Wildman–Crippen MR) is 102 cm³/mol. The van der Waals surface area contributed by atoms with Crippen LogP contribution < -0.4 is 10.1 Å². The Balaban J connectivity index is 1.89. The smallest absolute Gasteiger partial charge is 0.340 e. The summed E-state index contributed by atoms with van der Waals surface area (Å²) in [5, 5.41) is 3.89. The second-order valence-electron chi connectivity index (χ2n) is 6.66. The van der Waals surface area contributed by atoms with Crippen LogP contribution in [0.4, 0.5) is 0 Å². The summed E-state index contributed by atoms with van der Waals surface area (Å²) >= 11 is 12.0. The molecule has 0 aliphatic carbocycles. The molecule has 2 aromatic carbocycles. The van der Waals surface area contributed by atoms with E-state index in [0.717, 1.165) is 18.7 Å². The van der Waals surface area contributed by atoms with Crippen molar-refractivity contribution in [2.24, 2.45) is 0 Å². The zero-order chi connectivity index (χ0) is 19.2. The summed E-state index contributed by atoms with van der Waals surface area (Å²) < 4.78 is 11.2. The number of hydrogen-bond acceptors (Lipinski definition) is 5. The van der Waals surface area contributed by atoms with E-state index in [1.54, 1.807) is 18.2 Å². The fraction of sp³-hybridized carbons (Fsp3) is 0.300. The Hall–Kier alpha value is -2.08. The summed E-state index contributed by atoms with van der Waals surface area (Å²) in [5.74, 6) is -0.521. The Kier molecular flexibility index (Phi) is 4.62. The van der Waals surface area contributed by atoms with Crippen LogP contribution >= 0.6 is 23.2 Å². The van der Waals surface area contributed by atoms with Crippen LogP contribution in [0.5, 0.6) is 5.75 Å². The summed E-state index contributed by atoms with van der Waals surface area (Å²) in [5.41, 5.74) is 0.880. The van der Waals surface area contributed by atoms with Crippen LogP contribution in [0.25, 0.3) is 0 Å². The third-order valence-electron chi connectivity index (χ3n) is 5.19. The molecule has 1 saturated heterocycles. The van der Waals surface area contributed by atoms with Crippen molar-refractivity contribution in [2.75, 3.05) is 20.2 Å². The van der Waals surface area contributed by atoms with Crippen molar-refractivity contribution in [3.05, 3.63) is 62.6 Å². The molecule has 0 aromatic heterocycles. The number of benzene rings is 2. The molecule has 4 rings (SSSR count). The number of nitrogens with one attached hydrogen (secondary N) is 1. The highest BCUT2D eigenvalue weighted by Crippen LogP contribution is 2.46. The second-order valence-corrected chi connectivity index (χ2v) is 7.47. The largest absolute Gasteiger partial charge is 0.496 e. The van der Waals surface area contributed by atoms with Gasteiger partial charge in [-0.05, 0) is 37.4 Å². The van der Waals surface area contributed by atoms with Gasteiger partial charge in [-0.3, -0.25) is 4.79 Å². The van der Waals surface area contributed by atoms with E-state index in [4.69, 9.17) is 32.7 Å². The molecule has 2 heterocycles. The molecular formula is C20H17Cl2NO4. The van der Waals surface area contributed by atoms with Crippen LogP contribution in [0, 0.1) is 0 Å². The normalized spacial score (nSPS) is 17.5. The molecule has 0 saturated carbocycles. The number of ether oxygens (including phenoxy) is 2. The highest BCUT2D eigenvalue weighted by Gasteiger charge is 2.48. The number of esters is 1. The topological polar surface area (TPSA) is 64.6 Å². The van der Waals surface area contributed by atoms with E-state index in [2.05, 4.69) is 5.32 Å². The number of carbonyl (C=O) groups is 2. The molecule has 2 aliphatic rings. The highest BCUT2D eigenvalue weighted by molar-refractivity contribution is 6.42. The van der Waals surface area contributed by atoms with Gasteiger partial charge in [0.1, 0.15) is 11.4 Å². The number of halogens is 2. The minimum atomic E-state index is -0.684. The van der Waals surface area contributed by atoms with Gasteiger partial charge in [0.05, 0.1) is 28.3 Å². The summed E-state index contributed by atoms with van der Waals surface area (Å²) in [6.45, 7) is 1.49. The number of ketones is 1. The fourth-order valence-corrected chi connectivity index (χ4v) is 4.14. The third kappa shape index (κ3) is 2.90. The maximum atomic E-state index is 13.3. The zero-order valence-corrected chi connectivity index (χ0v) is 16.1. The van der Waals surface area contributed by atoms with Gasteiger partial charge in [-0.25, -0.2) is 4.79 Å².